The Morgan fingerprint density at radius 1 is 1.48 bits per heavy atom. The molecule has 3 rings (SSSR count). The van der Waals surface area contributed by atoms with Gasteiger partial charge in [0.2, 0.25) is 0 Å². The highest BCUT2D eigenvalue weighted by Gasteiger charge is 2.28. The van der Waals surface area contributed by atoms with Crippen LogP contribution in [0.5, 0.6) is 0 Å². The molecule has 2 unspecified atom stereocenters. The van der Waals surface area contributed by atoms with Crippen LogP contribution in [0.15, 0.2) is 23.4 Å². The van der Waals surface area contributed by atoms with Gasteiger partial charge >= 0.3 is 0 Å². The number of aryl methyl sites for hydroxylation is 1. The quantitative estimate of drug-likeness (QED) is 0.905. The first kappa shape index (κ1) is 14.1. The maximum Gasteiger partial charge on any atom is 0.285 e. The van der Waals surface area contributed by atoms with Crippen LogP contribution in [0, 0.1) is 5.92 Å². The Kier molecular flexibility index (Phi) is 3.96. The van der Waals surface area contributed by atoms with Gasteiger partial charge in [0.05, 0.1) is 18.1 Å². The van der Waals surface area contributed by atoms with Gasteiger partial charge in [0.1, 0.15) is 5.02 Å². The van der Waals surface area contributed by atoms with Crippen molar-refractivity contribution in [1.29, 1.82) is 0 Å². The Morgan fingerprint density at radius 2 is 2.33 bits per heavy atom. The molecule has 1 saturated carbocycles. The molecule has 2 heterocycles. The fraction of sp³-hybridized carbons (Fsp3) is 0.500. The molecule has 21 heavy (non-hydrogen) atoms. The third kappa shape index (κ3) is 3.10. The number of H-pyrrole nitrogens is 1. The fourth-order valence-corrected chi connectivity index (χ4v) is 3.18. The van der Waals surface area contributed by atoms with Gasteiger partial charge in [-0.25, -0.2) is 5.10 Å². The molecule has 2 aromatic heterocycles. The molecule has 2 atom stereocenters. The van der Waals surface area contributed by atoms with E-state index in [9.17, 15) is 4.79 Å². The molecule has 2 N–H and O–H groups in total. The normalized spacial score (nSPS) is 21.6. The standard InChI is InChI=1S/C14H18ClN5O/c1-20-8-9(6-17-20)5-10-3-2-4-11(10)18-12-7-16-19-14(21)13(12)15/h6-8,10-11H,2-5H2,1H3,(H2,18,19,21). The molecular weight excluding hydrogens is 290 g/mol. The van der Waals surface area contributed by atoms with Gasteiger partial charge in [-0.3, -0.25) is 9.48 Å². The second-order valence-corrected chi connectivity index (χ2v) is 5.97. The SMILES string of the molecule is Cn1cc(CC2CCCC2Nc2cn[nH]c(=O)c2Cl)cn1. The molecule has 1 aliphatic carbocycles. The first-order chi connectivity index (χ1) is 10.1. The highest BCUT2D eigenvalue weighted by molar-refractivity contribution is 6.32. The van der Waals surface area contributed by atoms with E-state index in [1.54, 1.807) is 6.20 Å². The summed E-state index contributed by atoms with van der Waals surface area (Å²) in [6.45, 7) is 0. The molecule has 112 valence electrons. The number of nitrogens with zero attached hydrogens (tertiary/aromatic N) is 3. The van der Waals surface area contributed by atoms with Crippen LogP contribution in [0.3, 0.4) is 0 Å². The minimum Gasteiger partial charge on any atom is -0.379 e. The van der Waals surface area contributed by atoms with Gasteiger partial charge in [-0.1, -0.05) is 18.0 Å². The van der Waals surface area contributed by atoms with Crippen molar-refractivity contribution in [2.75, 3.05) is 5.32 Å². The van der Waals surface area contributed by atoms with Crippen LogP contribution in [0.2, 0.25) is 5.02 Å². The number of aromatic nitrogens is 4. The van der Waals surface area contributed by atoms with Crippen molar-refractivity contribution in [2.45, 2.75) is 31.7 Å². The smallest absolute Gasteiger partial charge is 0.285 e. The van der Waals surface area contributed by atoms with Crippen LogP contribution < -0.4 is 10.9 Å². The highest BCUT2D eigenvalue weighted by atomic mass is 35.5. The highest BCUT2D eigenvalue weighted by Crippen LogP contribution is 2.32. The topological polar surface area (TPSA) is 75.6 Å². The van der Waals surface area contributed by atoms with Gasteiger partial charge < -0.3 is 5.32 Å². The van der Waals surface area contributed by atoms with Gasteiger partial charge in [0.25, 0.3) is 5.56 Å². The number of nitrogens with one attached hydrogen (secondary N) is 2. The molecule has 0 spiro atoms. The predicted molar refractivity (Wildman–Crippen MR) is 81.5 cm³/mol. The van der Waals surface area contributed by atoms with Crippen molar-refractivity contribution in [3.05, 3.63) is 39.5 Å². The summed E-state index contributed by atoms with van der Waals surface area (Å²) in [5, 5.41) is 13.9. The van der Waals surface area contributed by atoms with Crippen LogP contribution in [0.4, 0.5) is 5.69 Å². The zero-order valence-electron chi connectivity index (χ0n) is 11.8. The zero-order valence-corrected chi connectivity index (χ0v) is 12.6. The van der Waals surface area contributed by atoms with Gasteiger partial charge in [0, 0.05) is 19.3 Å². The van der Waals surface area contributed by atoms with E-state index in [1.807, 2.05) is 17.9 Å². The van der Waals surface area contributed by atoms with Gasteiger partial charge in [0.15, 0.2) is 0 Å². The first-order valence-corrected chi connectivity index (χ1v) is 7.48. The van der Waals surface area contributed by atoms with Gasteiger partial charge in [-0.15, -0.1) is 0 Å². The third-order valence-electron chi connectivity index (χ3n) is 4.05. The maximum absolute atomic E-state index is 11.5. The Balaban J connectivity index is 1.72. The lowest BCUT2D eigenvalue weighted by molar-refractivity contribution is 0.502. The average Bonchev–Trinajstić information content (AvgIpc) is 3.05. The summed E-state index contributed by atoms with van der Waals surface area (Å²) >= 11 is 6.02. The van der Waals surface area contributed by atoms with E-state index in [1.165, 1.54) is 18.4 Å². The molecule has 1 aliphatic rings. The largest absolute Gasteiger partial charge is 0.379 e. The van der Waals surface area contributed by atoms with E-state index >= 15 is 0 Å². The predicted octanol–water partition coefficient (Wildman–Crippen LogP) is 1.98. The van der Waals surface area contributed by atoms with Crippen molar-refractivity contribution < 1.29 is 0 Å². The van der Waals surface area contributed by atoms with Crippen LogP contribution in [-0.2, 0) is 13.5 Å². The maximum atomic E-state index is 11.5. The Bertz CT molecular complexity index is 680. The van der Waals surface area contributed by atoms with Crippen molar-refractivity contribution >= 4 is 17.3 Å². The Morgan fingerprint density at radius 3 is 3.10 bits per heavy atom. The minimum atomic E-state index is -0.358. The monoisotopic (exact) mass is 307 g/mol. The third-order valence-corrected chi connectivity index (χ3v) is 4.43. The van der Waals surface area contributed by atoms with E-state index in [2.05, 4.69) is 26.8 Å². The summed E-state index contributed by atoms with van der Waals surface area (Å²) in [7, 11) is 1.93. The first-order valence-electron chi connectivity index (χ1n) is 7.10. The fourth-order valence-electron chi connectivity index (χ4n) is 3.04. The molecule has 0 radical (unpaired) electrons. The molecular formula is C14H18ClN5O. The van der Waals surface area contributed by atoms with Crippen LogP contribution in [0.1, 0.15) is 24.8 Å². The number of aromatic amines is 1. The second-order valence-electron chi connectivity index (χ2n) is 5.59. The lowest BCUT2D eigenvalue weighted by atomic mass is 9.96. The van der Waals surface area contributed by atoms with E-state index in [4.69, 9.17) is 11.6 Å². The Hall–Kier alpha value is -1.82. The summed E-state index contributed by atoms with van der Waals surface area (Å²) in [6, 6.07) is 0.311. The van der Waals surface area contributed by atoms with Crippen molar-refractivity contribution in [3.63, 3.8) is 0 Å². The molecule has 0 aliphatic heterocycles. The molecule has 0 aromatic carbocycles. The van der Waals surface area contributed by atoms with E-state index in [-0.39, 0.29) is 10.6 Å². The minimum absolute atomic E-state index is 0.178. The van der Waals surface area contributed by atoms with Crippen molar-refractivity contribution in [1.82, 2.24) is 20.0 Å². The Labute approximate surface area is 127 Å². The van der Waals surface area contributed by atoms with Crippen LogP contribution in [-0.4, -0.2) is 26.0 Å². The molecule has 0 saturated heterocycles. The van der Waals surface area contributed by atoms with Crippen molar-refractivity contribution in [2.24, 2.45) is 13.0 Å². The number of halogens is 1. The van der Waals surface area contributed by atoms with Crippen LogP contribution >= 0.6 is 11.6 Å². The van der Waals surface area contributed by atoms with E-state index < -0.39 is 0 Å². The second kappa shape index (κ2) is 5.89. The number of anilines is 1. The number of rotatable bonds is 4. The summed E-state index contributed by atoms with van der Waals surface area (Å²) < 4.78 is 1.82. The van der Waals surface area contributed by atoms with Crippen molar-refractivity contribution in [3.8, 4) is 0 Å². The van der Waals surface area contributed by atoms with E-state index in [0.29, 0.717) is 17.6 Å². The summed E-state index contributed by atoms with van der Waals surface area (Å²) in [4.78, 5) is 11.5. The summed E-state index contributed by atoms with van der Waals surface area (Å²) in [5.74, 6) is 0.518. The van der Waals surface area contributed by atoms with Gasteiger partial charge in [-0.2, -0.15) is 10.2 Å². The van der Waals surface area contributed by atoms with E-state index in [0.717, 1.165) is 12.8 Å². The molecule has 0 amide bonds. The summed E-state index contributed by atoms with van der Waals surface area (Å²) in [5.41, 5.74) is 1.50. The number of hydrogen-bond donors (Lipinski definition) is 2. The lowest BCUT2D eigenvalue weighted by Gasteiger charge is -2.21. The molecule has 7 heteroatoms. The average molecular weight is 308 g/mol. The molecule has 6 nitrogen and oxygen atoms in total. The lowest BCUT2D eigenvalue weighted by Crippen LogP contribution is -2.26. The molecule has 1 fully saturated rings. The van der Waals surface area contributed by atoms with Crippen LogP contribution in [0.25, 0.3) is 0 Å². The molecule has 2 aromatic rings. The number of hydrogen-bond acceptors (Lipinski definition) is 4. The zero-order chi connectivity index (χ0) is 14.8. The summed E-state index contributed by atoms with van der Waals surface area (Å²) in [6.07, 6.45) is 9.95. The van der Waals surface area contributed by atoms with Gasteiger partial charge in [-0.05, 0) is 30.7 Å². The molecule has 0 bridgehead atoms.